The molecule has 0 bridgehead atoms. The third kappa shape index (κ3) is 3.79. The molecular weight excluding hydrogens is 355 g/mol. The number of benzene rings is 2. The minimum Gasteiger partial charge on any atom is -0.351 e. The van der Waals surface area contributed by atoms with Crippen molar-refractivity contribution in [1.82, 2.24) is 15.2 Å². The van der Waals surface area contributed by atoms with E-state index in [0.29, 0.717) is 18.8 Å². The number of carbonyl (C=O) groups excluding carboxylic acids is 1. The number of halogens is 1. The van der Waals surface area contributed by atoms with Gasteiger partial charge in [0, 0.05) is 30.0 Å². The van der Waals surface area contributed by atoms with E-state index in [2.05, 4.69) is 10.3 Å². The van der Waals surface area contributed by atoms with Gasteiger partial charge in [-0.05, 0) is 61.3 Å². The Labute approximate surface area is 163 Å². The third-order valence-corrected chi connectivity index (χ3v) is 5.41. The number of fused-ring (bicyclic) bond motifs is 1. The maximum absolute atomic E-state index is 13.2. The number of amides is 1. The van der Waals surface area contributed by atoms with E-state index in [0.717, 1.165) is 48.0 Å². The van der Waals surface area contributed by atoms with Crippen molar-refractivity contribution in [1.29, 1.82) is 0 Å². The maximum Gasteiger partial charge on any atom is 0.270 e. The summed E-state index contributed by atoms with van der Waals surface area (Å²) in [5.41, 5.74) is 9.16. The summed E-state index contributed by atoms with van der Waals surface area (Å²) in [5.74, 6) is -0.257. The van der Waals surface area contributed by atoms with E-state index < -0.39 is 0 Å². The van der Waals surface area contributed by atoms with Crippen LogP contribution in [0.15, 0.2) is 48.5 Å². The molecule has 0 radical (unpaired) electrons. The fourth-order valence-corrected chi connectivity index (χ4v) is 3.93. The van der Waals surface area contributed by atoms with E-state index in [1.54, 1.807) is 12.1 Å². The van der Waals surface area contributed by atoms with Gasteiger partial charge in [-0.15, -0.1) is 0 Å². The fourth-order valence-electron chi connectivity index (χ4n) is 3.93. The van der Waals surface area contributed by atoms with Gasteiger partial charge in [-0.3, -0.25) is 4.79 Å². The van der Waals surface area contributed by atoms with Gasteiger partial charge in [-0.2, -0.15) is 0 Å². The first-order valence-electron chi connectivity index (χ1n) is 9.76. The van der Waals surface area contributed by atoms with E-state index >= 15 is 0 Å². The molecule has 146 valence electrons. The van der Waals surface area contributed by atoms with Gasteiger partial charge in [0.2, 0.25) is 0 Å². The minimum atomic E-state index is -0.254. The van der Waals surface area contributed by atoms with Crippen molar-refractivity contribution in [3.8, 4) is 11.1 Å². The van der Waals surface area contributed by atoms with Gasteiger partial charge in [-0.1, -0.05) is 24.3 Å². The second-order valence-corrected chi connectivity index (χ2v) is 7.26. The van der Waals surface area contributed by atoms with E-state index in [9.17, 15) is 9.18 Å². The molecule has 2 heterocycles. The molecule has 1 amide bonds. The largest absolute Gasteiger partial charge is 0.351 e. The number of hydrogen-bond acceptors (Lipinski definition) is 3. The number of nitrogens with two attached hydrogens (primary N) is 1. The Morgan fingerprint density at radius 2 is 1.79 bits per heavy atom. The molecule has 6 heteroatoms. The molecule has 3 aromatic rings. The highest BCUT2D eigenvalue weighted by Crippen LogP contribution is 2.26. The molecule has 1 aromatic heterocycles. The molecule has 5 nitrogen and oxygen atoms in total. The minimum absolute atomic E-state index is 0.00289. The normalized spacial score (nSPS) is 15.1. The number of aromatic amines is 1. The van der Waals surface area contributed by atoms with Gasteiger partial charge < -0.3 is 20.9 Å². The summed E-state index contributed by atoms with van der Waals surface area (Å²) >= 11 is 0. The molecule has 4 rings (SSSR count). The average Bonchev–Trinajstić information content (AvgIpc) is 3.16. The van der Waals surface area contributed by atoms with Crippen molar-refractivity contribution < 1.29 is 9.18 Å². The monoisotopic (exact) mass is 380 g/mol. The number of rotatable bonds is 5. The Morgan fingerprint density at radius 1 is 1.07 bits per heavy atom. The van der Waals surface area contributed by atoms with Gasteiger partial charge in [-0.25, -0.2) is 4.39 Å². The van der Waals surface area contributed by atoms with Crippen LogP contribution in [0, 0.1) is 5.82 Å². The summed E-state index contributed by atoms with van der Waals surface area (Å²) in [7, 11) is 0. The summed E-state index contributed by atoms with van der Waals surface area (Å²) in [5, 5.41) is 4.32. The van der Waals surface area contributed by atoms with Crippen LogP contribution in [0.3, 0.4) is 0 Å². The van der Waals surface area contributed by atoms with E-state index in [1.807, 2.05) is 29.2 Å². The number of nitrogens with one attached hydrogen (secondary N) is 2. The Balaban J connectivity index is 1.62. The van der Waals surface area contributed by atoms with Crippen molar-refractivity contribution in [2.75, 3.05) is 26.2 Å². The second-order valence-electron chi connectivity index (χ2n) is 7.26. The maximum atomic E-state index is 13.2. The topological polar surface area (TPSA) is 74.1 Å². The van der Waals surface area contributed by atoms with Crippen molar-refractivity contribution in [3.05, 3.63) is 60.0 Å². The van der Waals surface area contributed by atoms with Gasteiger partial charge >= 0.3 is 0 Å². The first-order valence-corrected chi connectivity index (χ1v) is 9.76. The lowest BCUT2D eigenvalue weighted by atomic mass is 10.0. The number of piperidine rings is 1. The van der Waals surface area contributed by atoms with Crippen molar-refractivity contribution in [2.24, 2.45) is 5.73 Å². The molecule has 4 N–H and O–H groups in total. The molecule has 1 fully saturated rings. The molecule has 1 aliphatic rings. The molecule has 0 aliphatic carbocycles. The Bertz CT molecular complexity index is 960. The zero-order chi connectivity index (χ0) is 19.5. The van der Waals surface area contributed by atoms with Crippen LogP contribution >= 0.6 is 0 Å². The first-order chi connectivity index (χ1) is 13.7. The SMILES string of the molecule is NCCN(C(=O)c1cc2ccc(-c3ccc(F)cc3)cc2[nH]1)C1CCNCC1. The second kappa shape index (κ2) is 8.12. The first kappa shape index (κ1) is 18.7. The molecule has 0 unspecified atom stereocenters. The molecule has 2 aromatic carbocycles. The number of hydrogen-bond donors (Lipinski definition) is 3. The van der Waals surface area contributed by atoms with Crippen LogP contribution in [0.25, 0.3) is 22.0 Å². The average molecular weight is 380 g/mol. The highest BCUT2D eigenvalue weighted by Gasteiger charge is 2.26. The third-order valence-electron chi connectivity index (χ3n) is 5.41. The highest BCUT2D eigenvalue weighted by molar-refractivity contribution is 5.99. The van der Waals surface area contributed by atoms with Gasteiger partial charge in [0.25, 0.3) is 5.91 Å². The van der Waals surface area contributed by atoms with Crippen LogP contribution in [-0.2, 0) is 0 Å². The van der Waals surface area contributed by atoms with E-state index in [-0.39, 0.29) is 17.8 Å². The lowest BCUT2D eigenvalue weighted by Crippen LogP contribution is -2.48. The summed E-state index contributed by atoms with van der Waals surface area (Å²) in [6.45, 7) is 2.85. The predicted octanol–water partition coefficient (Wildman–Crippen LogP) is 3.13. The van der Waals surface area contributed by atoms with E-state index in [4.69, 9.17) is 5.73 Å². The quantitative estimate of drug-likeness (QED) is 0.637. The number of H-pyrrole nitrogens is 1. The Hall–Kier alpha value is -2.70. The number of aromatic nitrogens is 1. The zero-order valence-corrected chi connectivity index (χ0v) is 15.7. The zero-order valence-electron chi connectivity index (χ0n) is 15.7. The summed E-state index contributed by atoms with van der Waals surface area (Å²) in [6.07, 6.45) is 1.89. The van der Waals surface area contributed by atoms with Crippen molar-refractivity contribution in [3.63, 3.8) is 0 Å². The van der Waals surface area contributed by atoms with Crippen molar-refractivity contribution in [2.45, 2.75) is 18.9 Å². The van der Waals surface area contributed by atoms with Crippen molar-refractivity contribution >= 4 is 16.8 Å². The Kier molecular flexibility index (Phi) is 5.41. The molecule has 1 saturated heterocycles. The number of carbonyl (C=O) groups is 1. The summed E-state index contributed by atoms with van der Waals surface area (Å²) in [6, 6.07) is 14.5. The van der Waals surface area contributed by atoms with Crippen LogP contribution < -0.4 is 11.1 Å². The summed E-state index contributed by atoms with van der Waals surface area (Å²) < 4.78 is 13.2. The van der Waals surface area contributed by atoms with Crippen LogP contribution in [0.2, 0.25) is 0 Å². The van der Waals surface area contributed by atoms with Gasteiger partial charge in [0.1, 0.15) is 11.5 Å². The lowest BCUT2D eigenvalue weighted by molar-refractivity contribution is 0.0645. The van der Waals surface area contributed by atoms with Crippen LogP contribution in [-0.4, -0.2) is 48.0 Å². The molecular formula is C22H25FN4O. The van der Waals surface area contributed by atoms with Gasteiger partial charge in [0.15, 0.2) is 0 Å². The van der Waals surface area contributed by atoms with Crippen LogP contribution in [0.1, 0.15) is 23.3 Å². The van der Waals surface area contributed by atoms with Crippen LogP contribution in [0.5, 0.6) is 0 Å². The predicted molar refractivity (Wildman–Crippen MR) is 110 cm³/mol. The van der Waals surface area contributed by atoms with Gasteiger partial charge in [0.05, 0.1) is 0 Å². The van der Waals surface area contributed by atoms with E-state index in [1.165, 1.54) is 12.1 Å². The fraction of sp³-hybridized carbons (Fsp3) is 0.318. The summed E-state index contributed by atoms with van der Waals surface area (Å²) in [4.78, 5) is 18.4. The standard InChI is InChI=1S/C22H25FN4O/c23-18-5-3-15(4-6-18)16-1-2-17-14-21(26-20(17)13-16)22(28)27(12-9-24)19-7-10-25-11-8-19/h1-6,13-14,19,25-26H,7-12,24H2. The molecule has 0 atom stereocenters. The number of nitrogens with zero attached hydrogens (tertiary/aromatic N) is 1. The molecule has 1 aliphatic heterocycles. The Morgan fingerprint density at radius 3 is 2.50 bits per heavy atom. The molecule has 0 saturated carbocycles. The van der Waals surface area contributed by atoms with Crippen LogP contribution in [0.4, 0.5) is 4.39 Å². The molecule has 28 heavy (non-hydrogen) atoms. The lowest BCUT2D eigenvalue weighted by Gasteiger charge is -2.34. The molecule has 0 spiro atoms. The highest BCUT2D eigenvalue weighted by atomic mass is 19.1. The smallest absolute Gasteiger partial charge is 0.270 e.